The maximum Gasteiger partial charge on any atom is 0.319 e. The Labute approximate surface area is 209 Å². The summed E-state index contributed by atoms with van der Waals surface area (Å²) in [5, 5.41) is 15.4. The van der Waals surface area contributed by atoms with Crippen molar-refractivity contribution in [3.05, 3.63) is 95.3 Å². The van der Waals surface area contributed by atoms with Gasteiger partial charge in [-0.1, -0.05) is 66.7 Å². The molecule has 4 rings (SSSR count). The average molecular weight is 488 g/mol. The van der Waals surface area contributed by atoms with Crippen molar-refractivity contribution in [3.63, 3.8) is 0 Å². The van der Waals surface area contributed by atoms with Gasteiger partial charge in [-0.15, -0.1) is 10.2 Å². The van der Waals surface area contributed by atoms with E-state index in [-0.39, 0.29) is 12.6 Å². The number of urea groups is 1. The van der Waals surface area contributed by atoms with E-state index in [4.69, 9.17) is 4.74 Å². The maximum atomic E-state index is 12.6. The molecule has 0 radical (unpaired) electrons. The number of aryl methyl sites for hydroxylation is 2. The number of hydrogen-bond donors (Lipinski definition) is 2. The van der Waals surface area contributed by atoms with Crippen molar-refractivity contribution in [3.8, 4) is 11.4 Å². The zero-order valence-electron chi connectivity index (χ0n) is 20.1. The van der Waals surface area contributed by atoms with E-state index in [2.05, 4.69) is 52.9 Å². The van der Waals surface area contributed by atoms with Crippen LogP contribution in [-0.4, -0.2) is 27.9 Å². The number of anilines is 1. The van der Waals surface area contributed by atoms with Crippen LogP contribution in [0.1, 0.15) is 29.4 Å². The Balaban J connectivity index is 1.51. The third kappa shape index (κ3) is 6.22. The summed E-state index contributed by atoms with van der Waals surface area (Å²) >= 11 is 1.59. The van der Waals surface area contributed by atoms with Crippen molar-refractivity contribution in [1.82, 2.24) is 20.1 Å². The number of nitrogens with zero attached hydrogens (tertiary/aromatic N) is 3. The van der Waals surface area contributed by atoms with E-state index in [0.29, 0.717) is 11.6 Å². The van der Waals surface area contributed by atoms with E-state index >= 15 is 0 Å². The second-order valence-corrected chi connectivity index (χ2v) is 8.97. The summed E-state index contributed by atoms with van der Waals surface area (Å²) < 4.78 is 7.33. The number of methoxy groups -OCH3 is 1. The van der Waals surface area contributed by atoms with Gasteiger partial charge < -0.3 is 15.4 Å². The Morgan fingerprint density at radius 1 is 1.03 bits per heavy atom. The highest BCUT2D eigenvalue weighted by atomic mass is 32.2. The van der Waals surface area contributed by atoms with Crippen molar-refractivity contribution in [2.45, 2.75) is 37.7 Å². The minimum Gasteiger partial charge on any atom is -0.497 e. The van der Waals surface area contributed by atoms with Crippen LogP contribution >= 0.6 is 11.8 Å². The zero-order valence-corrected chi connectivity index (χ0v) is 20.9. The lowest BCUT2D eigenvalue weighted by Gasteiger charge is -2.13. The third-order valence-corrected chi connectivity index (χ3v) is 6.55. The highest BCUT2D eigenvalue weighted by Crippen LogP contribution is 2.27. The van der Waals surface area contributed by atoms with Gasteiger partial charge in [-0.25, -0.2) is 4.79 Å². The number of benzene rings is 3. The molecule has 0 aliphatic rings. The lowest BCUT2D eigenvalue weighted by Crippen LogP contribution is -2.29. The number of rotatable bonds is 9. The van der Waals surface area contributed by atoms with Gasteiger partial charge in [0.2, 0.25) is 0 Å². The summed E-state index contributed by atoms with van der Waals surface area (Å²) in [5.41, 5.74) is 5.13. The first-order chi connectivity index (χ1) is 17.1. The van der Waals surface area contributed by atoms with Crippen LogP contribution < -0.4 is 15.4 Å². The molecule has 2 N–H and O–H groups in total. The average Bonchev–Trinajstić information content (AvgIpc) is 3.30. The number of amides is 2. The number of carbonyl (C=O) groups is 1. The molecule has 0 fully saturated rings. The van der Waals surface area contributed by atoms with Gasteiger partial charge >= 0.3 is 6.03 Å². The predicted molar refractivity (Wildman–Crippen MR) is 140 cm³/mol. The van der Waals surface area contributed by atoms with Gasteiger partial charge in [0, 0.05) is 17.1 Å². The predicted octanol–water partition coefficient (Wildman–Crippen LogP) is 5.76. The summed E-state index contributed by atoms with van der Waals surface area (Å²) in [6, 6.07) is 23.7. The molecule has 0 aliphatic carbocycles. The Kier molecular flexibility index (Phi) is 8.05. The molecule has 4 aromatic rings. The fourth-order valence-corrected chi connectivity index (χ4v) is 4.56. The number of carbonyl (C=O) groups excluding carboxylic acids is 1. The van der Waals surface area contributed by atoms with Gasteiger partial charge in [-0.2, -0.15) is 0 Å². The minimum atomic E-state index is -0.282. The van der Waals surface area contributed by atoms with Crippen LogP contribution in [0.5, 0.6) is 5.75 Å². The van der Waals surface area contributed by atoms with Crippen LogP contribution in [-0.2, 0) is 18.7 Å². The summed E-state index contributed by atoms with van der Waals surface area (Å²) in [7, 11) is 1.66. The molecule has 0 bridgehead atoms. The molecule has 8 heteroatoms. The first kappa shape index (κ1) is 24.3. The van der Waals surface area contributed by atoms with E-state index in [1.807, 2.05) is 59.2 Å². The lowest BCUT2D eigenvalue weighted by molar-refractivity contribution is 0.251. The maximum absolute atomic E-state index is 12.6. The molecule has 2 amide bonds. The number of aromatic nitrogens is 3. The van der Waals surface area contributed by atoms with Crippen LogP contribution in [0.25, 0.3) is 5.69 Å². The molecule has 35 heavy (non-hydrogen) atoms. The fraction of sp³-hybridized carbons (Fsp3) is 0.222. The molecule has 7 nitrogen and oxygen atoms in total. The van der Waals surface area contributed by atoms with Crippen molar-refractivity contribution in [2.75, 3.05) is 12.4 Å². The summed E-state index contributed by atoms with van der Waals surface area (Å²) in [6.07, 6.45) is 0.839. The minimum absolute atomic E-state index is 0.237. The molecule has 0 saturated heterocycles. The summed E-state index contributed by atoms with van der Waals surface area (Å²) in [6.45, 7) is 4.35. The van der Waals surface area contributed by atoms with Crippen molar-refractivity contribution >= 4 is 23.5 Å². The highest BCUT2D eigenvalue weighted by Gasteiger charge is 2.16. The number of para-hydroxylation sites is 1. The van der Waals surface area contributed by atoms with Crippen LogP contribution in [0, 0.1) is 6.92 Å². The third-order valence-electron chi connectivity index (χ3n) is 5.55. The Morgan fingerprint density at radius 2 is 1.83 bits per heavy atom. The highest BCUT2D eigenvalue weighted by molar-refractivity contribution is 7.98. The largest absolute Gasteiger partial charge is 0.497 e. The van der Waals surface area contributed by atoms with Gasteiger partial charge in [-0.3, -0.25) is 4.57 Å². The van der Waals surface area contributed by atoms with Gasteiger partial charge in [0.15, 0.2) is 11.0 Å². The van der Waals surface area contributed by atoms with Crippen LogP contribution in [0.15, 0.2) is 78.0 Å². The molecule has 0 unspecified atom stereocenters. The molecule has 3 aromatic carbocycles. The number of nitrogens with one attached hydrogen (secondary N) is 2. The molecule has 180 valence electrons. The number of ether oxygens (including phenoxy) is 1. The molecule has 0 spiro atoms. The first-order valence-electron chi connectivity index (χ1n) is 11.5. The van der Waals surface area contributed by atoms with Crippen LogP contribution in [0.3, 0.4) is 0 Å². The molecule has 1 aromatic heterocycles. The monoisotopic (exact) mass is 487 g/mol. The molecule has 0 saturated carbocycles. The first-order valence-corrected chi connectivity index (χ1v) is 12.5. The standard InChI is InChI=1S/C27H29N5O2S/c1-4-21-9-5-6-11-24(21)29-26(33)28-17-25-30-31-27(32(25)22-14-12-19(2)13-15-22)35-18-20-8-7-10-23(16-20)34-3/h5-16H,4,17-18H2,1-3H3,(H2,28,29,33). The Hall–Kier alpha value is -3.78. The Morgan fingerprint density at radius 3 is 2.60 bits per heavy atom. The van der Waals surface area contributed by atoms with Crippen LogP contribution in [0.2, 0.25) is 0 Å². The van der Waals surface area contributed by atoms with Gasteiger partial charge in [0.25, 0.3) is 0 Å². The molecular weight excluding hydrogens is 458 g/mol. The van der Waals surface area contributed by atoms with Crippen molar-refractivity contribution in [1.29, 1.82) is 0 Å². The second-order valence-electron chi connectivity index (χ2n) is 8.03. The van der Waals surface area contributed by atoms with E-state index in [9.17, 15) is 4.79 Å². The molecule has 0 atom stereocenters. The summed E-state index contributed by atoms with van der Waals surface area (Å²) in [5.74, 6) is 2.19. The molecule has 1 heterocycles. The SMILES string of the molecule is CCc1ccccc1NC(=O)NCc1nnc(SCc2cccc(OC)c2)n1-c1ccc(C)cc1. The fourth-order valence-electron chi connectivity index (χ4n) is 3.65. The van der Waals surface area contributed by atoms with E-state index < -0.39 is 0 Å². The van der Waals surface area contributed by atoms with Gasteiger partial charge in [0.1, 0.15) is 5.75 Å². The van der Waals surface area contributed by atoms with Gasteiger partial charge in [0.05, 0.1) is 13.7 Å². The number of thioether (sulfide) groups is 1. The van der Waals surface area contributed by atoms with E-state index in [1.165, 1.54) is 5.56 Å². The van der Waals surface area contributed by atoms with E-state index in [1.54, 1.807) is 18.9 Å². The summed E-state index contributed by atoms with van der Waals surface area (Å²) in [4.78, 5) is 12.6. The van der Waals surface area contributed by atoms with Gasteiger partial charge in [-0.05, 0) is 54.8 Å². The normalized spacial score (nSPS) is 10.7. The molecule has 0 aliphatic heterocycles. The van der Waals surface area contributed by atoms with Crippen molar-refractivity contribution < 1.29 is 9.53 Å². The Bertz CT molecular complexity index is 1290. The van der Waals surface area contributed by atoms with Crippen molar-refractivity contribution in [2.24, 2.45) is 0 Å². The van der Waals surface area contributed by atoms with Crippen LogP contribution in [0.4, 0.5) is 10.5 Å². The van der Waals surface area contributed by atoms with E-state index in [0.717, 1.165) is 39.8 Å². The molecular formula is C27H29N5O2S. The number of hydrogen-bond acceptors (Lipinski definition) is 5. The smallest absolute Gasteiger partial charge is 0.319 e. The second kappa shape index (κ2) is 11.6. The topological polar surface area (TPSA) is 81.1 Å². The quantitative estimate of drug-likeness (QED) is 0.293. The lowest BCUT2D eigenvalue weighted by atomic mass is 10.1. The zero-order chi connectivity index (χ0) is 24.6.